The van der Waals surface area contributed by atoms with Crippen LogP contribution in [0.4, 0.5) is 4.79 Å². The average molecular weight is 396 g/mol. The van der Waals surface area contributed by atoms with Gasteiger partial charge in [-0.05, 0) is 51.0 Å². The van der Waals surface area contributed by atoms with Gasteiger partial charge in [0.25, 0.3) is 0 Å². The van der Waals surface area contributed by atoms with Crippen molar-refractivity contribution in [3.05, 3.63) is 40.9 Å². The van der Waals surface area contributed by atoms with Crippen LogP contribution in [0.2, 0.25) is 5.02 Å². The van der Waals surface area contributed by atoms with E-state index in [2.05, 4.69) is 16.0 Å². The molecule has 0 aromatic heterocycles. The molecule has 1 aromatic rings. The first kappa shape index (κ1) is 22.5. The van der Waals surface area contributed by atoms with Gasteiger partial charge in [0.15, 0.2) is 0 Å². The van der Waals surface area contributed by atoms with E-state index in [1.807, 2.05) is 6.07 Å². The molecule has 0 saturated heterocycles. The van der Waals surface area contributed by atoms with E-state index in [9.17, 15) is 14.4 Å². The van der Waals surface area contributed by atoms with Gasteiger partial charge in [0.05, 0.1) is 6.54 Å². The normalized spacial score (nSPS) is 11.1. The lowest BCUT2D eigenvalue weighted by Crippen LogP contribution is -2.40. The van der Waals surface area contributed by atoms with Crippen molar-refractivity contribution in [2.75, 3.05) is 19.6 Å². The predicted octanol–water partition coefficient (Wildman–Crippen LogP) is 2.50. The smallest absolute Gasteiger partial charge is 0.408 e. The fraction of sp³-hybridized carbons (Fsp3) is 0.421. The molecule has 1 rings (SSSR count). The maximum absolute atomic E-state index is 11.7. The standard InChI is InChI=1S/C19H26ClN3O4/c1-19(2,3)27-18(26)23-13-17(25)22-11-5-10-21-16(24)9-8-14-6-4-7-15(20)12-14/h4,6-9,12H,5,10-11,13H2,1-3H3,(H,21,24)(H,22,25)(H,23,26)/b9-8+. The number of carbonyl (C=O) groups is 3. The number of nitrogens with one attached hydrogen (secondary N) is 3. The zero-order valence-corrected chi connectivity index (χ0v) is 16.6. The molecule has 3 N–H and O–H groups in total. The summed E-state index contributed by atoms with van der Waals surface area (Å²) in [6, 6.07) is 7.17. The summed E-state index contributed by atoms with van der Waals surface area (Å²) >= 11 is 5.87. The van der Waals surface area contributed by atoms with Gasteiger partial charge < -0.3 is 20.7 Å². The largest absolute Gasteiger partial charge is 0.444 e. The lowest BCUT2D eigenvalue weighted by Gasteiger charge is -2.19. The second-order valence-electron chi connectivity index (χ2n) is 6.74. The van der Waals surface area contributed by atoms with Gasteiger partial charge in [-0.3, -0.25) is 9.59 Å². The summed E-state index contributed by atoms with van der Waals surface area (Å²) in [4.78, 5) is 34.7. The zero-order valence-electron chi connectivity index (χ0n) is 15.8. The molecule has 0 heterocycles. The molecule has 0 unspecified atom stereocenters. The Morgan fingerprint density at radius 3 is 2.48 bits per heavy atom. The van der Waals surface area contributed by atoms with Gasteiger partial charge in [-0.2, -0.15) is 0 Å². The van der Waals surface area contributed by atoms with Crippen molar-refractivity contribution < 1.29 is 19.1 Å². The number of benzene rings is 1. The second kappa shape index (κ2) is 11.2. The Balaban J connectivity index is 2.13. The number of alkyl carbamates (subject to hydrolysis) is 1. The van der Waals surface area contributed by atoms with Gasteiger partial charge in [-0.25, -0.2) is 4.79 Å². The van der Waals surface area contributed by atoms with E-state index in [0.717, 1.165) is 5.56 Å². The fourth-order valence-corrected chi connectivity index (χ4v) is 2.10. The van der Waals surface area contributed by atoms with Crippen molar-refractivity contribution in [1.82, 2.24) is 16.0 Å². The van der Waals surface area contributed by atoms with Crippen LogP contribution in [0, 0.1) is 0 Å². The van der Waals surface area contributed by atoms with E-state index < -0.39 is 11.7 Å². The minimum Gasteiger partial charge on any atom is -0.444 e. The SMILES string of the molecule is CC(C)(C)OC(=O)NCC(=O)NCCCNC(=O)/C=C/c1cccc(Cl)c1. The number of halogens is 1. The first-order valence-corrected chi connectivity index (χ1v) is 8.98. The molecular formula is C19H26ClN3O4. The number of amides is 3. The Bertz CT molecular complexity index is 684. The number of ether oxygens (including phenoxy) is 1. The van der Waals surface area contributed by atoms with Gasteiger partial charge in [0.1, 0.15) is 5.60 Å². The molecule has 1 aromatic carbocycles. The highest BCUT2D eigenvalue weighted by Crippen LogP contribution is 2.11. The summed E-state index contributed by atoms with van der Waals surface area (Å²) in [6.45, 7) is 5.86. The van der Waals surface area contributed by atoms with Crippen LogP contribution in [0.1, 0.15) is 32.8 Å². The predicted molar refractivity (Wildman–Crippen MR) is 105 cm³/mol. The average Bonchev–Trinajstić information content (AvgIpc) is 2.56. The maximum Gasteiger partial charge on any atom is 0.408 e. The quantitative estimate of drug-likeness (QED) is 0.465. The van der Waals surface area contributed by atoms with E-state index in [-0.39, 0.29) is 18.4 Å². The summed E-state index contributed by atoms with van der Waals surface area (Å²) in [5.41, 5.74) is 0.224. The number of hydrogen-bond acceptors (Lipinski definition) is 4. The highest BCUT2D eigenvalue weighted by atomic mass is 35.5. The molecule has 0 radical (unpaired) electrons. The second-order valence-corrected chi connectivity index (χ2v) is 7.17. The van der Waals surface area contributed by atoms with Crippen LogP contribution >= 0.6 is 11.6 Å². The molecule has 0 saturated carbocycles. The third-order valence-electron chi connectivity index (χ3n) is 3.04. The number of carbonyl (C=O) groups excluding carboxylic acids is 3. The molecule has 3 amide bonds. The molecule has 0 spiro atoms. The van der Waals surface area contributed by atoms with Crippen molar-refractivity contribution >= 4 is 35.6 Å². The van der Waals surface area contributed by atoms with Crippen molar-refractivity contribution in [2.45, 2.75) is 32.8 Å². The first-order chi connectivity index (χ1) is 12.7. The fourth-order valence-electron chi connectivity index (χ4n) is 1.90. The van der Waals surface area contributed by atoms with Crippen LogP contribution < -0.4 is 16.0 Å². The Kier molecular flexibility index (Phi) is 9.36. The van der Waals surface area contributed by atoms with Crippen LogP contribution in [-0.4, -0.2) is 43.1 Å². The monoisotopic (exact) mass is 395 g/mol. The lowest BCUT2D eigenvalue weighted by atomic mass is 10.2. The molecule has 0 bridgehead atoms. The minimum absolute atomic E-state index is 0.163. The minimum atomic E-state index is -0.642. The molecule has 8 heteroatoms. The molecule has 0 atom stereocenters. The Morgan fingerprint density at radius 2 is 1.81 bits per heavy atom. The zero-order chi connectivity index (χ0) is 20.3. The van der Waals surface area contributed by atoms with E-state index in [1.165, 1.54) is 6.08 Å². The van der Waals surface area contributed by atoms with Crippen molar-refractivity contribution in [3.8, 4) is 0 Å². The van der Waals surface area contributed by atoms with Crippen LogP contribution in [0.3, 0.4) is 0 Å². The molecule has 0 aliphatic carbocycles. The van der Waals surface area contributed by atoms with Crippen LogP contribution in [0.5, 0.6) is 0 Å². The van der Waals surface area contributed by atoms with Crippen LogP contribution in [0.15, 0.2) is 30.3 Å². The van der Waals surface area contributed by atoms with E-state index in [1.54, 1.807) is 45.0 Å². The van der Waals surface area contributed by atoms with Crippen molar-refractivity contribution in [3.63, 3.8) is 0 Å². The van der Waals surface area contributed by atoms with Crippen molar-refractivity contribution in [1.29, 1.82) is 0 Å². The van der Waals surface area contributed by atoms with Gasteiger partial charge in [0, 0.05) is 24.2 Å². The highest BCUT2D eigenvalue weighted by Gasteiger charge is 2.16. The van der Waals surface area contributed by atoms with Crippen molar-refractivity contribution in [2.24, 2.45) is 0 Å². The number of rotatable bonds is 8. The molecular weight excluding hydrogens is 370 g/mol. The molecule has 7 nitrogen and oxygen atoms in total. The molecule has 148 valence electrons. The van der Waals surface area contributed by atoms with Gasteiger partial charge in [-0.1, -0.05) is 23.7 Å². The van der Waals surface area contributed by atoms with Gasteiger partial charge in [0.2, 0.25) is 11.8 Å². The summed E-state index contributed by atoms with van der Waals surface area (Å²) in [6.07, 6.45) is 3.02. The maximum atomic E-state index is 11.7. The number of hydrogen-bond donors (Lipinski definition) is 3. The summed E-state index contributed by atoms with van der Waals surface area (Å²) in [5.74, 6) is -0.555. The van der Waals surface area contributed by atoms with Crippen LogP contribution in [0.25, 0.3) is 6.08 Å². The summed E-state index contributed by atoms with van der Waals surface area (Å²) in [7, 11) is 0. The topological polar surface area (TPSA) is 96.5 Å². The third-order valence-corrected chi connectivity index (χ3v) is 3.28. The molecule has 0 fully saturated rings. The Morgan fingerprint density at radius 1 is 1.11 bits per heavy atom. The van der Waals surface area contributed by atoms with E-state index >= 15 is 0 Å². The summed E-state index contributed by atoms with van der Waals surface area (Å²) < 4.78 is 5.03. The Hall–Kier alpha value is -2.54. The molecule has 27 heavy (non-hydrogen) atoms. The summed E-state index contributed by atoms with van der Waals surface area (Å²) in [5, 5.41) is 8.34. The van der Waals surface area contributed by atoms with Crippen LogP contribution in [-0.2, 0) is 14.3 Å². The van der Waals surface area contributed by atoms with E-state index in [0.29, 0.717) is 24.5 Å². The molecule has 0 aliphatic rings. The van der Waals surface area contributed by atoms with E-state index in [4.69, 9.17) is 16.3 Å². The van der Waals surface area contributed by atoms with Gasteiger partial charge >= 0.3 is 6.09 Å². The highest BCUT2D eigenvalue weighted by molar-refractivity contribution is 6.30. The van der Waals surface area contributed by atoms with Gasteiger partial charge in [-0.15, -0.1) is 0 Å². The first-order valence-electron chi connectivity index (χ1n) is 8.61. The Labute approximate surface area is 164 Å². The lowest BCUT2D eigenvalue weighted by molar-refractivity contribution is -0.120. The molecule has 0 aliphatic heterocycles. The third kappa shape index (κ3) is 11.6.